The summed E-state index contributed by atoms with van der Waals surface area (Å²) in [5.74, 6) is -0.960. The van der Waals surface area contributed by atoms with Crippen LogP contribution in [0.2, 0.25) is 0 Å². The Morgan fingerprint density at radius 2 is 1.95 bits per heavy atom. The number of imide groups is 1. The molecule has 0 aliphatic carbocycles. The van der Waals surface area contributed by atoms with Crippen LogP contribution >= 0.6 is 0 Å². The molecule has 1 saturated heterocycles. The van der Waals surface area contributed by atoms with Crippen molar-refractivity contribution >= 4 is 17.5 Å². The van der Waals surface area contributed by atoms with Crippen LogP contribution in [0.4, 0.5) is 10.1 Å². The van der Waals surface area contributed by atoms with E-state index in [1.165, 1.54) is 12.1 Å². The maximum absolute atomic E-state index is 13.7. The molecular weight excluding hydrogens is 259 g/mol. The number of hydrogen-bond donors (Lipinski definition) is 2. The smallest absolute Gasteiger partial charge is 0.249 e. The Balaban J connectivity index is 2.19. The fourth-order valence-corrected chi connectivity index (χ4v) is 2.14. The predicted molar refractivity (Wildman–Crippen MR) is 74.9 cm³/mol. The van der Waals surface area contributed by atoms with Gasteiger partial charge in [-0.3, -0.25) is 14.9 Å². The van der Waals surface area contributed by atoms with E-state index in [9.17, 15) is 14.0 Å². The summed E-state index contributed by atoms with van der Waals surface area (Å²) < 4.78 is 13.7. The van der Waals surface area contributed by atoms with Gasteiger partial charge in [0, 0.05) is 12.1 Å². The van der Waals surface area contributed by atoms with Gasteiger partial charge in [-0.25, -0.2) is 4.39 Å². The van der Waals surface area contributed by atoms with Crippen molar-refractivity contribution in [3.05, 3.63) is 29.6 Å². The van der Waals surface area contributed by atoms with Crippen LogP contribution in [0.15, 0.2) is 18.2 Å². The third-order valence-electron chi connectivity index (χ3n) is 3.34. The van der Waals surface area contributed by atoms with Gasteiger partial charge in [-0.15, -0.1) is 0 Å². The van der Waals surface area contributed by atoms with Crippen LogP contribution in [0, 0.1) is 5.82 Å². The van der Waals surface area contributed by atoms with E-state index >= 15 is 0 Å². The Bertz CT molecular complexity index is 549. The zero-order valence-corrected chi connectivity index (χ0v) is 11.9. The molecule has 1 atom stereocenters. The number of amides is 2. The van der Waals surface area contributed by atoms with Crippen LogP contribution < -0.4 is 10.6 Å². The van der Waals surface area contributed by atoms with Crippen molar-refractivity contribution in [3.8, 4) is 0 Å². The van der Waals surface area contributed by atoms with Gasteiger partial charge in [-0.05, 0) is 35.6 Å². The number of hydrogen-bond acceptors (Lipinski definition) is 3. The first-order chi connectivity index (χ1) is 9.25. The van der Waals surface area contributed by atoms with Gasteiger partial charge in [0.1, 0.15) is 11.9 Å². The summed E-state index contributed by atoms with van der Waals surface area (Å²) in [5, 5.41) is 5.28. The second-order valence-corrected chi connectivity index (χ2v) is 6.13. The number of carbonyl (C=O) groups is 2. The molecule has 0 radical (unpaired) electrons. The summed E-state index contributed by atoms with van der Waals surface area (Å²) in [7, 11) is 0. The Morgan fingerprint density at radius 1 is 1.25 bits per heavy atom. The number of benzene rings is 1. The molecular formula is C15H19FN2O2. The van der Waals surface area contributed by atoms with Crippen molar-refractivity contribution < 1.29 is 14.0 Å². The molecule has 5 heteroatoms. The van der Waals surface area contributed by atoms with Gasteiger partial charge in [0.05, 0.1) is 0 Å². The van der Waals surface area contributed by atoms with E-state index in [0.717, 1.165) is 5.56 Å². The Labute approximate surface area is 117 Å². The van der Waals surface area contributed by atoms with E-state index < -0.39 is 6.04 Å². The molecule has 0 saturated carbocycles. The van der Waals surface area contributed by atoms with E-state index in [-0.39, 0.29) is 23.0 Å². The number of rotatable bonds is 2. The molecule has 2 amide bonds. The summed E-state index contributed by atoms with van der Waals surface area (Å²) >= 11 is 0. The van der Waals surface area contributed by atoms with Crippen LogP contribution in [-0.2, 0) is 15.0 Å². The molecule has 1 heterocycles. The largest absolute Gasteiger partial charge is 0.374 e. The zero-order chi connectivity index (χ0) is 14.9. The monoisotopic (exact) mass is 278 g/mol. The van der Waals surface area contributed by atoms with E-state index in [0.29, 0.717) is 18.5 Å². The maximum Gasteiger partial charge on any atom is 0.249 e. The van der Waals surface area contributed by atoms with Crippen molar-refractivity contribution in [3.63, 3.8) is 0 Å². The summed E-state index contributed by atoms with van der Waals surface area (Å²) in [5.41, 5.74) is 1.24. The Morgan fingerprint density at radius 3 is 2.55 bits per heavy atom. The maximum atomic E-state index is 13.7. The molecule has 1 unspecified atom stereocenters. The van der Waals surface area contributed by atoms with Crippen LogP contribution in [0.1, 0.15) is 39.2 Å². The third kappa shape index (κ3) is 3.35. The van der Waals surface area contributed by atoms with Gasteiger partial charge in [0.25, 0.3) is 0 Å². The fraction of sp³-hybridized carbons (Fsp3) is 0.467. The number of piperidine rings is 1. The van der Waals surface area contributed by atoms with E-state index in [4.69, 9.17) is 0 Å². The molecule has 1 aliphatic heterocycles. The van der Waals surface area contributed by atoms with Gasteiger partial charge >= 0.3 is 0 Å². The van der Waals surface area contributed by atoms with Gasteiger partial charge in [-0.2, -0.15) is 0 Å². The summed E-state index contributed by atoms with van der Waals surface area (Å²) in [4.78, 5) is 22.8. The first-order valence-electron chi connectivity index (χ1n) is 6.67. The summed E-state index contributed by atoms with van der Waals surface area (Å²) in [6.07, 6.45) is 0.719. The molecule has 0 aromatic heterocycles. The molecule has 20 heavy (non-hydrogen) atoms. The minimum atomic E-state index is -0.498. The molecule has 1 aromatic rings. The van der Waals surface area contributed by atoms with Gasteiger partial charge in [-0.1, -0.05) is 20.8 Å². The van der Waals surface area contributed by atoms with E-state index in [2.05, 4.69) is 10.6 Å². The molecule has 0 spiro atoms. The number of nitrogens with one attached hydrogen (secondary N) is 2. The standard InChI is InChI=1S/C15H19FN2O2/c1-15(2,3)9-6-10(16)8-11(7-9)17-12-4-5-13(19)18-14(12)20/h6-8,12,17H,4-5H2,1-3H3,(H,18,19,20). The second-order valence-electron chi connectivity index (χ2n) is 6.13. The first kappa shape index (κ1) is 14.5. The average molecular weight is 278 g/mol. The lowest BCUT2D eigenvalue weighted by Gasteiger charge is -2.25. The van der Waals surface area contributed by atoms with Crippen molar-refractivity contribution in [2.24, 2.45) is 0 Å². The van der Waals surface area contributed by atoms with E-state index in [1.54, 1.807) is 0 Å². The second kappa shape index (κ2) is 5.23. The molecule has 2 N–H and O–H groups in total. The Hall–Kier alpha value is -1.91. The summed E-state index contributed by atoms with van der Waals surface area (Å²) in [6, 6.07) is 4.20. The molecule has 1 aliphatic rings. The zero-order valence-electron chi connectivity index (χ0n) is 11.9. The number of halogens is 1. The van der Waals surface area contributed by atoms with Crippen LogP contribution in [-0.4, -0.2) is 17.9 Å². The SMILES string of the molecule is CC(C)(C)c1cc(F)cc(NC2CCC(=O)NC2=O)c1. The average Bonchev–Trinajstić information content (AvgIpc) is 2.31. The van der Waals surface area contributed by atoms with Crippen LogP contribution in [0.5, 0.6) is 0 Å². The lowest BCUT2D eigenvalue weighted by molar-refractivity contribution is -0.133. The predicted octanol–water partition coefficient (Wildman–Crippen LogP) is 2.34. The van der Waals surface area contributed by atoms with Gasteiger partial charge in [0.15, 0.2) is 0 Å². The van der Waals surface area contributed by atoms with Crippen molar-refractivity contribution in [2.75, 3.05) is 5.32 Å². The summed E-state index contributed by atoms with van der Waals surface area (Å²) in [6.45, 7) is 5.99. The molecule has 1 aromatic carbocycles. The van der Waals surface area contributed by atoms with Crippen LogP contribution in [0.3, 0.4) is 0 Å². The van der Waals surface area contributed by atoms with Gasteiger partial charge < -0.3 is 5.32 Å². The number of anilines is 1. The Kier molecular flexibility index (Phi) is 3.79. The van der Waals surface area contributed by atoms with Crippen molar-refractivity contribution in [1.82, 2.24) is 5.32 Å². The van der Waals surface area contributed by atoms with Crippen molar-refractivity contribution in [1.29, 1.82) is 0 Å². The molecule has 0 bridgehead atoms. The minimum absolute atomic E-state index is 0.177. The quantitative estimate of drug-likeness (QED) is 0.816. The minimum Gasteiger partial charge on any atom is -0.374 e. The van der Waals surface area contributed by atoms with Crippen molar-refractivity contribution in [2.45, 2.75) is 45.1 Å². The lowest BCUT2D eigenvalue weighted by atomic mass is 9.86. The number of carbonyl (C=O) groups excluding carboxylic acids is 2. The topological polar surface area (TPSA) is 58.2 Å². The highest BCUT2D eigenvalue weighted by Crippen LogP contribution is 2.27. The molecule has 1 fully saturated rings. The molecule has 2 rings (SSSR count). The highest BCUT2D eigenvalue weighted by atomic mass is 19.1. The highest BCUT2D eigenvalue weighted by molar-refractivity contribution is 6.01. The normalized spacial score (nSPS) is 19.7. The van der Waals surface area contributed by atoms with Crippen LogP contribution in [0.25, 0.3) is 0 Å². The van der Waals surface area contributed by atoms with E-state index in [1.807, 2.05) is 26.8 Å². The molecule has 4 nitrogen and oxygen atoms in total. The first-order valence-corrected chi connectivity index (χ1v) is 6.67. The molecule has 108 valence electrons. The van der Waals surface area contributed by atoms with Gasteiger partial charge in [0.2, 0.25) is 11.8 Å². The lowest BCUT2D eigenvalue weighted by Crippen LogP contribution is -2.47. The highest BCUT2D eigenvalue weighted by Gasteiger charge is 2.26. The fourth-order valence-electron chi connectivity index (χ4n) is 2.14. The third-order valence-corrected chi connectivity index (χ3v) is 3.34.